The molecule has 3 aromatic carbocycles. The van der Waals surface area contributed by atoms with Crippen LogP contribution in [0, 0.1) is 5.82 Å². The van der Waals surface area contributed by atoms with Crippen LogP contribution in [0.1, 0.15) is 62.3 Å². The molecule has 1 saturated heterocycles. The van der Waals surface area contributed by atoms with Gasteiger partial charge in [-0.3, -0.25) is 9.10 Å². The molecular weight excluding hydrogens is 614 g/mol. The van der Waals surface area contributed by atoms with E-state index in [1.54, 1.807) is 41.3 Å². The van der Waals surface area contributed by atoms with E-state index >= 15 is 4.39 Å². The van der Waals surface area contributed by atoms with Gasteiger partial charge in [0.25, 0.3) is 5.91 Å². The number of amides is 1. The van der Waals surface area contributed by atoms with Gasteiger partial charge in [0.15, 0.2) is 0 Å². The van der Waals surface area contributed by atoms with Crippen molar-refractivity contribution in [1.29, 1.82) is 0 Å². The highest BCUT2D eigenvalue weighted by atomic mass is 35.5. The van der Waals surface area contributed by atoms with Gasteiger partial charge in [-0.2, -0.15) is 0 Å². The van der Waals surface area contributed by atoms with Crippen molar-refractivity contribution in [2.24, 2.45) is 0 Å². The Labute approximate surface area is 261 Å². The fraction of sp³-hybridized carbons (Fsp3) is 0.375. The molecule has 11 heteroatoms. The highest BCUT2D eigenvalue weighted by Gasteiger charge is 2.48. The van der Waals surface area contributed by atoms with E-state index in [2.05, 4.69) is 0 Å². The first-order chi connectivity index (χ1) is 20.6. The van der Waals surface area contributed by atoms with E-state index in [1.807, 2.05) is 25.1 Å². The van der Waals surface area contributed by atoms with Crippen molar-refractivity contribution in [1.82, 2.24) is 4.90 Å². The Hall–Kier alpha value is -2.98. The lowest BCUT2D eigenvalue weighted by molar-refractivity contribution is -0.180. The molecule has 1 saturated carbocycles. The maximum Gasteiger partial charge on any atom is 0.252 e. The second-order valence-electron chi connectivity index (χ2n) is 10.9. The van der Waals surface area contributed by atoms with Crippen LogP contribution in [0.3, 0.4) is 0 Å². The first-order valence-electron chi connectivity index (χ1n) is 14.3. The van der Waals surface area contributed by atoms with E-state index in [1.165, 1.54) is 18.2 Å². The first kappa shape index (κ1) is 31.4. The molecule has 7 nitrogen and oxygen atoms in total. The summed E-state index contributed by atoms with van der Waals surface area (Å²) in [5, 5.41) is 0.392. The molecule has 4 atom stereocenters. The molecular formula is C32H33Cl2FN2O5S. The maximum absolute atomic E-state index is 15.2. The van der Waals surface area contributed by atoms with Gasteiger partial charge in [-0.15, -0.1) is 0 Å². The summed E-state index contributed by atoms with van der Waals surface area (Å²) in [7, 11) is -3.91. The maximum atomic E-state index is 15.2. The zero-order chi connectivity index (χ0) is 30.7. The molecule has 3 aromatic rings. The van der Waals surface area contributed by atoms with Crippen LogP contribution in [0.25, 0.3) is 0 Å². The Bertz CT molecular complexity index is 1570. The Morgan fingerprint density at radius 2 is 1.74 bits per heavy atom. The minimum Gasteiger partial charge on any atom is -0.358 e. The molecule has 1 amide bonds. The summed E-state index contributed by atoms with van der Waals surface area (Å²) in [6.45, 7) is 1.71. The second-order valence-corrected chi connectivity index (χ2v) is 13.9. The molecule has 0 bridgehead atoms. The van der Waals surface area contributed by atoms with Crippen LogP contribution >= 0.6 is 23.2 Å². The summed E-state index contributed by atoms with van der Waals surface area (Å²) in [4.78, 5) is 27.3. The molecule has 1 aliphatic heterocycles. The fourth-order valence-electron chi connectivity index (χ4n) is 5.66. The average Bonchev–Trinajstić information content (AvgIpc) is 3.85. The van der Waals surface area contributed by atoms with E-state index in [0.29, 0.717) is 34.9 Å². The van der Waals surface area contributed by atoms with Crippen molar-refractivity contribution < 1.29 is 27.1 Å². The van der Waals surface area contributed by atoms with Gasteiger partial charge in [0.2, 0.25) is 10.0 Å². The number of carbonyl (C=O) groups is 2. The number of para-hydroxylation sites is 1. The van der Waals surface area contributed by atoms with Gasteiger partial charge in [0.05, 0.1) is 29.6 Å². The number of halogens is 3. The molecule has 2 aliphatic rings. The molecule has 1 heterocycles. The van der Waals surface area contributed by atoms with Crippen molar-refractivity contribution in [2.45, 2.75) is 68.6 Å². The highest BCUT2D eigenvalue weighted by Crippen LogP contribution is 2.45. The van der Waals surface area contributed by atoms with E-state index in [-0.39, 0.29) is 31.0 Å². The van der Waals surface area contributed by atoms with Crippen LogP contribution in [0.4, 0.5) is 10.1 Å². The third-order valence-corrected chi connectivity index (χ3v) is 10.7. The molecule has 2 fully saturated rings. The number of nitrogens with zero attached hydrogens (tertiary/aromatic N) is 2. The lowest BCUT2D eigenvalue weighted by atomic mass is 9.89. The normalized spacial score (nSPS) is 21.4. The quantitative estimate of drug-likeness (QED) is 0.200. The zero-order valence-electron chi connectivity index (χ0n) is 23.6. The summed E-state index contributed by atoms with van der Waals surface area (Å²) >= 11 is 12.6. The monoisotopic (exact) mass is 646 g/mol. The van der Waals surface area contributed by atoms with Crippen molar-refractivity contribution in [2.75, 3.05) is 10.8 Å². The third kappa shape index (κ3) is 6.75. The number of carbonyl (C=O) groups excluding carboxylic acids is 2. The molecule has 0 aromatic heterocycles. The summed E-state index contributed by atoms with van der Waals surface area (Å²) in [6, 6.07) is 18.6. The highest BCUT2D eigenvalue weighted by molar-refractivity contribution is 7.93. The SMILES string of the molecule is CC[C@@H](CN(c1ccccc1F)S(=O)(=O)C1CC1)N1C(=O)[C@H](CCC=O)O[C@H](c2cccc(Cl)c2)[C@H]1c1ccc(Cl)cc1. The van der Waals surface area contributed by atoms with Gasteiger partial charge >= 0.3 is 0 Å². The first-order valence-corrected chi connectivity index (χ1v) is 16.6. The second kappa shape index (κ2) is 13.3. The topological polar surface area (TPSA) is 84.0 Å². The van der Waals surface area contributed by atoms with Gasteiger partial charge in [-0.25, -0.2) is 12.8 Å². The van der Waals surface area contributed by atoms with Gasteiger partial charge in [-0.1, -0.05) is 66.5 Å². The molecule has 0 spiro atoms. The van der Waals surface area contributed by atoms with Gasteiger partial charge in [0, 0.05) is 16.5 Å². The minimum atomic E-state index is -3.91. The molecule has 5 rings (SSSR count). The van der Waals surface area contributed by atoms with Gasteiger partial charge < -0.3 is 14.4 Å². The summed E-state index contributed by atoms with van der Waals surface area (Å²) in [5.74, 6) is -1.03. The van der Waals surface area contributed by atoms with E-state index < -0.39 is 45.4 Å². The fourth-order valence-corrected chi connectivity index (χ4v) is 7.88. The number of sulfonamides is 1. The Balaban J connectivity index is 1.64. The molecule has 43 heavy (non-hydrogen) atoms. The number of rotatable bonds is 12. The number of aldehydes is 1. The van der Waals surface area contributed by atoms with Crippen LogP contribution < -0.4 is 4.31 Å². The van der Waals surface area contributed by atoms with Gasteiger partial charge in [0.1, 0.15) is 24.3 Å². The number of morpholine rings is 1. The van der Waals surface area contributed by atoms with E-state index in [4.69, 9.17) is 27.9 Å². The van der Waals surface area contributed by atoms with Crippen LogP contribution in [0.15, 0.2) is 72.8 Å². The molecule has 0 unspecified atom stereocenters. The average molecular weight is 648 g/mol. The number of hydrogen-bond donors (Lipinski definition) is 0. The smallest absolute Gasteiger partial charge is 0.252 e. The zero-order valence-corrected chi connectivity index (χ0v) is 25.9. The lowest BCUT2D eigenvalue weighted by Crippen LogP contribution is -2.57. The van der Waals surface area contributed by atoms with Crippen molar-refractivity contribution in [3.05, 3.63) is 99.8 Å². The number of ether oxygens (including phenoxy) is 1. The van der Waals surface area contributed by atoms with E-state index in [0.717, 1.165) is 16.2 Å². The Morgan fingerprint density at radius 1 is 1.02 bits per heavy atom. The standard InChI is InChI=1S/C32H33Cl2FN2O5S/c1-2-25(20-36(43(40,41)26-16-17-26)28-10-4-3-9-27(28)35)37-30(21-12-14-23(33)15-13-21)31(22-7-5-8-24(34)19-22)42-29(32(37)39)11-6-18-38/h3-5,7-10,12-15,18-19,25-26,29-31H,2,6,11,16-17,20H2,1H3/t25-,29-,30+,31+/m0/s1. The van der Waals surface area contributed by atoms with Crippen LogP contribution in [-0.2, 0) is 24.3 Å². The summed E-state index contributed by atoms with van der Waals surface area (Å²) in [6.07, 6.45) is 0.684. The number of hydrogen-bond acceptors (Lipinski definition) is 5. The predicted molar refractivity (Wildman–Crippen MR) is 165 cm³/mol. The number of anilines is 1. The summed E-state index contributed by atoms with van der Waals surface area (Å²) < 4.78 is 50.2. The molecule has 228 valence electrons. The van der Waals surface area contributed by atoms with Crippen molar-refractivity contribution >= 4 is 51.1 Å². The molecule has 0 N–H and O–H groups in total. The van der Waals surface area contributed by atoms with Crippen LogP contribution in [0.5, 0.6) is 0 Å². The largest absolute Gasteiger partial charge is 0.358 e. The van der Waals surface area contributed by atoms with Crippen molar-refractivity contribution in [3.8, 4) is 0 Å². The van der Waals surface area contributed by atoms with E-state index in [9.17, 15) is 18.0 Å². The number of benzene rings is 3. The summed E-state index contributed by atoms with van der Waals surface area (Å²) in [5.41, 5.74) is 1.38. The molecule has 1 aliphatic carbocycles. The molecule has 0 radical (unpaired) electrons. The van der Waals surface area contributed by atoms with Crippen molar-refractivity contribution in [3.63, 3.8) is 0 Å². The Kier molecular flexibility index (Phi) is 9.76. The predicted octanol–water partition coefficient (Wildman–Crippen LogP) is 6.90. The lowest BCUT2D eigenvalue weighted by Gasteiger charge is -2.49. The minimum absolute atomic E-state index is 0.0551. The third-order valence-electron chi connectivity index (χ3n) is 7.98. The van der Waals surface area contributed by atoms with Gasteiger partial charge in [-0.05, 0) is 73.2 Å². The van der Waals surface area contributed by atoms with Crippen LogP contribution in [-0.4, -0.2) is 49.5 Å². The van der Waals surface area contributed by atoms with Crippen LogP contribution in [0.2, 0.25) is 10.0 Å². The Morgan fingerprint density at radius 3 is 2.37 bits per heavy atom.